The van der Waals surface area contributed by atoms with Gasteiger partial charge in [0.15, 0.2) is 5.96 Å². The van der Waals surface area contributed by atoms with Gasteiger partial charge in [-0.1, -0.05) is 6.92 Å². The summed E-state index contributed by atoms with van der Waals surface area (Å²) in [5.41, 5.74) is 1.19. The van der Waals surface area contributed by atoms with Crippen LogP contribution in [0.4, 0.5) is 5.82 Å². The summed E-state index contributed by atoms with van der Waals surface area (Å²) in [5, 5.41) is 6.76. The van der Waals surface area contributed by atoms with Gasteiger partial charge in [-0.3, -0.25) is 0 Å². The van der Waals surface area contributed by atoms with Crippen molar-refractivity contribution in [3.63, 3.8) is 0 Å². The molecule has 0 amide bonds. The average molecular weight is 401 g/mol. The number of anilines is 1. The van der Waals surface area contributed by atoms with Crippen molar-refractivity contribution in [2.45, 2.75) is 33.9 Å². The highest BCUT2D eigenvalue weighted by atomic mass is 32.1. The highest BCUT2D eigenvalue weighted by Gasteiger charge is 2.16. The molecule has 3 rings (SSSR count). The largest absolute Gasteiger partial charge is 0.357 e. The smallest absolute Gasteiger partial charge is 0.191 e. The summed E-state index contributed by atoms with van der Waals surface area (Å²) in [7, 11) is 0. The summed E-state index contributed by atoms with van der Waals surface area (Å²) in [5.74, 6) is 1.92. The molecule has 0 saturated carbocycles. The van der Waals surface area contributed by atoms with Crippen LogP contribution in [0.1, 0.15) is 29.2 Å². The molecule has 7 heteroatoms. The third-order valence-corrected chi connectivity index (χ3v) is 5.94. The van der Waals surface area contributed by atoms with Crippen LogP contribution in [-0.2, 0) is 13.1 Å². The first kappa shape index (κ1) is 20.6. The Morgan fingerprint density at radius 3 is 2.64 bits per heavy atom. The number of nitrogens with one attached hydrogen (secondary N) is 2. The van der Waals surface area contributed by atoms with Crippen LogP contribution < -0.4 is 15.5 Å². The van der Waals surface area contributed by atoms with Gasteiger partial charge in [0, 0.05) is 48.7 Å². The van der Waals surface area contributed by atoms with Gasteiger partial charge in [0.2, 0.25) is 0 Å². The predicted octanol–water partition coefficient (Wildman–Crippen LogP) is 2.85. The fourth-order valence-electron chi connectivity index (χ4n) is 3.29. The maximum absolute atomic E-state index is 4.76. The van der Waals surface area contributed by atoms with Crippen molar-refractivity contribution in [3.8, 4) is 0 Å². The maximum Gasteiger partial charge on any atom is 0.191 e. The van der Waals surface area contributed by atoms with E-state index in [1.807, 2.05) is 17.5 Å². The number of guanidine groups is 1. The van der Waals surface area contributed by atoms with E-state index in [1.165, 1.54) is 15.3 Å². The zero-order valence-corrected chi connectivity index (χ0v) is 18.1. The molecule has 2 aromatic heterocycles. The monoisotopic (exact) mass is 400 g/mol. The maximum atomic E-state index is 4.76. The van der Waals surface area contributed by atoms with Gasteiger partial charge in [-0.15, -0.1) is 11.3 Å². The van der Waals surface area contributed by atoms with Gasteiger partial charge in [-0.25, -0.2) is 9.98 Å². The molecular formula is C21H32N6S. The second kappa shape index (κ2) is 10.4. The lowest BCUT2D eigenvalue weighted by Gasteiger charge is -2.34. The molecule has 0 aliphatic carbocycles. The van der Waals surface area contributed by atoms with E-state index >= 15 is 0 Å². The van der Waals surface area contributed by atoms with Crippen molar-refractivity contribution in [3.05, 3.63) is 45.8 Å². The minimum absolute atomic E-state index is 0.642. The summed E-state index contributed by atoms with van der Waals surface area (Å²) in [6.07, 6.45) is 1.90. The Bertz CT molecular complexity index is 764. The molecule has 0 bridgehead atoms. The molecule has 1 fully saturated rings. The van der Waals surface area contributed by atoms with Gasteiger partial charge in [0.1, 0.15) is 5.82 Å². The van der Waals surface area contributed by atoms with Crippen LogP contribution in [0.3, 0.4) is 0 Å². The van der Waals surface area contributed by atoms with Gasteiger partial charge >= 0.3 is 0 Å². The normalized spacial score (nSPS) is 15.7. The highest BCUT2D eigenvalue weighted by Crippen LogP contribution is 2.16. The number of thiophene rings is 1. The number of likely N-dealkylation sites (N-methyl/N-ethyl adjacent to an activating group) is 1. The quantitative estimate of drug-likeness (QED) is 0.553. The van der Waals surface area contributed by atoms with Crippen molar-refractivity contribution in [2.24, 2.45) is 4.99 Å². The summed E-state index contributed by atoms with van der Waals surface area (Å²) in [4.78, 5) is 16.9. The Labute approximate surface area is 172 Å². The number of piperazine rings is 1. The zero-order valence-electron chi connectivity index (χ0n) is 17.2. The van der Waals surface area contributed by atoms with Crippen LogP contribution in [0, 0.1) is 6.92 Å². The fourth-order valence-corrected chi connectivity index (χ4v) is 4.12. The van der Waals surface area contributed by atoms with Crippen LogP contribution in [-0.4, -0.2) is 55.1 Å². The van der Waals surface area contributed by atoms with Crippen molar-refractivity contribution in [2.75, 3.05) is 44.2 Å². The van der Waals surface area contributed by atoms with Crippen molar-refractivity contribution in [1.82, 2.24) is 20.5 Å². The molecule has 1 saturated heterocycles. The molecule has 0 aromatic carbocycles. The van der Waals surface area contributed by atoms with E-state index in [0.29, 0.717) is 6.54 Å². The van der Waals surface area contributed by atoms with Gasteiger partial charge in [0.05, 0.1) is 13.1 Å². The zero-order chi connectivity index (χ0) is 19.8. The second-order valence-corrected chi connectivity index (χ2v) is 8.38. The molecule has 2 N–H and O–H groups in total. The van der Waals surface area contributed by atoms with Crippen LogP contribution in [0.2, 0.25) is 0 Å². The van der Waals surface area contributed by atoms with Crippen molar-refractivity contribution < 1.29 is 0 Å². The van der Waals surface area contributed by atoms with Gasteiger partial charge in [-0.2, -0.15) is 0 Å². The van der Waals surface area contributed by atoms with E-state index in [-0.39, 0.29) is 0 Å². The molecule has 0 atom stereocenters. The molecular weight excluding hydrogens is 368 g/mol. The van der Waals surface area contributed by atoms with Crippen molar-refractivity contribution >= 4 is 23.1 Å². The average Bonchev–Trinajstić information content (AvgIpc) is 3.15. The van der Waals surface area contributed by atoms with Gasteiger partial charge in [-0.05, 0) is 50.2 Å². The van der Waals surface area contributed by atoms with Gasteiger partial charge < -0.3 is 20.4 Å². The number of nitrogens with zero attached hydrogens (tertiary/aromatic N) is 4. The van der Waals surface area contributed by atoms with E-state index in [1.54, 1.807) is 0 Å². The third kappa shape index (κ3) is 5.94. The SMILES string of the molecule is CCNC(=NCc1ccnc(N2CCN(CC)CC2)c1)NCc1ccc(C)s1. The van der Waals surface area contributed by atoms with E-state index in [0.717, 1.165) is 57.6 Å². The number of aromatic nitrogens is 1. The summed E-state index contributed by atoms with van der Waals surface area (Å²) in [6, 6.07) is 8.56. The van der Waals surface area contributed by atoms with Crippen LogP contribution in [0.5, 0.6) is 0 Å². The lowest BCUT2D eigenvalue weighted by Crippen LogP contribution is -2.46. The lowest BCUT2D eigenvalue weighted by molar-refractivity contribution is 0.270. The Balaban J connectivity index is 1.59. The van der Waals surface area contributed by atoms with Crippen LogP contribution >= 0.6 is 11.3 Å². The van der Waals surface area contributed by atoms with Crippen LogP contribution in [0.15, 0.2) is 35.5 Å². The summed E-state index contributed by atoms with van der Waals surface area (Å²) in [6.45, 7) is 14.2. The van der Waals surface area contributed by atoms with E-state index in [9.17, 15) is 0 Å². The fraction of sp³-hybridized carbons (Fsp3) is 0.524. The van der Waals surface area contributed by atoms with E-state index < -0.39 is 0 Å². The molecule has 2 aromatic rings. The van der Waals surface area contributed by atoms with Gasteiger partial charge in [0.25, 0.3) is 0 Å². The Morgan fingerprint density at radius 2 is 1.96 bits per heavy atom. The highest BCUT2D eigenvalue weighted by molar-refractivity contribution is 7.11. The first-order valence-corrected chi connectivity index (χ1v) is 11.0. The number of rotatable bonds is 7. The number of hydrogen-bond acceptors (Lipinski definition) is 5. The molecule has 6 nitrogen and oxygen atoms in total. The number of pyridine rings is 1. The Hall–Kier alpha value is -2.12. The van der Waals surface area contributed by atoms with E-state index in [2.05, 4.69) is 70.5 Å². The number of hydrogen-bond donors (Lipinski definition) is 2. The van der Waals surface area contributed by atoms with Crippen molar-refractivity contribution in [1.29, 1.82) is 0 Å². The number of aliphatic imine (C=N–C) groups is 1. The molecule has 28 heavy (non-hydrogen) atoms. The second-order valence-electron chi connectivity index (χ2n) is 7.00. The van der Waals surface area contributed by atoms with E-state index in [4.69, 9.17) is 4.99 Å². The predicted molar refractivity (Wildman–Crippen MR) is 119 cm³/mol. The first-order valence-electron chi connectivity index (χ1n) is 10.2. The lowest BCUT2D eigenvalue weighted by atomic mass is 10.2. The first-order chi connectivity index (χ1) is 13.7. The molecule has 0 unspecified atom stereocenters. The number of aryl methyl sites for hydroxylation is 1. The standard InChI is InChI=1S/C21H32N6S/c1-4-22-21(25-16-19-7-6-17(3)28-19)24-15-18-8-9-23-20(14-18)27-12-10-26(5-2)11-13-27/h6-9,14H,4-5,10-13,15-16H2,1-3H3,(H2,22,24,25). The molecule has 1 aliphatic rings. The Morgan fingerprint density at radius 1 is 1.14 bits per heavy atom. The molecule has 3 heterocycles. The molecule has 0 spiro atoms. The Kier molecular flexibility index (Phi) is 7.68. The van der Waals surface area contributed by atoms with Crippen LogP contribution in [0.25, 0.3) is 0 Å². The minimum Gasteiger partial charge on any atom is -0.357 e. The summed E-state index contributed by atoms with van der Waals surface area (Å²) < 4.78 is 0. The third-order valence-electron chi connectivity index (χ3n) is 4.94. The molecule has 1 aliphatic heterocycles. The summed E-state index contributed by atoms with van der Waals surface area (Å²) >= 11 is 1.82. The molecule has 152 valence electrons. The molecule has 0 radical (unpaired) electrons. The topological polar surface area (TPSA) is 55.8 Å². The minimum atomic E-state index is 0.642.